The third kappa shape index (κ3) is 4.61. The van der Waals surface area contributed by atoms with Crippen molar-refractivity contribution in [2.45, 2.75) is 32.9 Å². The van der Waals surface area contributed by atoms with E-state index in [1.165, 1.54) is 12.4 Å². The Morgan fingerprint density at radius 2 is 1.86 bits per heavy atom. The number of rotatable bonds is 5. The van der Waals surface area contributed by atoms with Crippen molar-refractivity contribution in [2.24, 2.45) is 0 Å². The van der Waals surface area contributed by atoms with Crippen molar-refractivity contribution in [1.29, 1.82) is 5.26 Å². The molecule has 3 heterocycles. The van der Waals surface area contributed by atoms with Gasteiger partial charge in [-0.15, -0.1) is 0 Å². The second kappa shape index (κ2) is 9.24. The van der Waals surface area contributed by atoms with E-state index < -0.39 is 5.82 Å². The summed E-state index contributed by atoms with van der Waals surface area (Å²) >= 11 is 0. The highest BCUT2D eigenvalue weighted by Gasteiger charge is 2.21. The maximum absolute atomic E-state index is 15.0. The Kier molecular flexibility index (Phi) is 5.97. The second-order valence-electron chi connectivity index (χ2n) is 8.95. The molecule has 5 rings (SSSR count). The largest absolute Gasteiger partial charge is 0.434 e. The zero-order valence-electron chi connectivity index (χ0n) is 19.8. The van der Waals surface area contributed by atoms with Crippen molar-refractivity contribution in [2.75, 3.05) is 23.3 Å². The van der Waals surface area contributed by atoms with Crippen molar-refractivity contribution in [3.8, 4) is 17.7 Å². The lowest BCUT2D eigenvalue weighted by atomic mass is 10.1. The number of aromatic nitrogens is 3. The fourth-order valence-corrected chi connectivity index (χ4v) is 4.54. The van der Waals surface area contributed by atoms with Crippen LogP contribution in [0.4, 0.5) is 21.6 Å². The average Bonchev–Trinajstić information content (AvgIpc) is 3.22. The number of hydrogen-bond acceptors (Lipinski definition) is 7. The third-order valence-corrected chi connectivity index (χ3v) is 6.02. The number of benzene rings is 2. The van der Waals surface area contributed by atoms with Crippen molar-refractivity contribution in [1.82, 2.24) is 20.3 Å². The van der Waals surface area contributed by atoms with E-state index in [0.29, 0.717) is 23.0 Å². The molecule has 1 fully saturated rings. The van der Waals surface area contributed by atoms with Gasteiger partial charge in [-0.25, -0.2) is 14.4 Å². The predicted octanol–water partition coefficient (Wildman–Crippen LogP) is 5.00. The molecule has 35 heavy (non-hydrogen) atoms. The Balaban J connectivity index is 1.37. The lowest BCUT2D eigenvalue weighted by Gasteiger charge is -2.37. The molecule has 2 atom stereocenters. The van der Waals surface area contributed by atoms with E-state index in [1.807, 2.05) is 31.2 Å². The lowest BCUT2D eigenvalue weighted by Crippen LogP contribution is -2.54. The Labute approximate surface area is 202 Å². The molecule has 1 saturated heterocycles. The van der Waals surface area contributed by atoms with Crippen LogP contribution in [0.25, 0.3) is 10.9 Å². The van der Waals surface area contributed by atoms with Gasteiger partial charge in [0.05, 0.1) is 0 Å². The average molecular weight is 472 g/mol. The van der Waals surface area contributed by atoms with E-state index in [9.17, 15) is 9.65 Å². The summed E-state index contributed by atoms with van der Waals surface area (Å²) in [5.74, 6) is -0.262. The van der Waals surface area contributed by atoms with Crippen molar-refractivity contribution >= 4 is 28.1 Å². The molecule has 0 bridgehead atoms. The number of aryl methyl sites for hydroxylation is 1. The van der Waals surface area contributed by atoms with Crippen LogP contribution in [0, 0.1) is 24.1 Å². The van der Waals surface area contributed by atoms with E-state index in [4.69, 9.17) is 4.74 Å². The minimum atomic E-state index is -0.518. The van der Waals surface area contributed by atoms with Gasteiger partial charge >= 0.3 is 0 Å². The number of anilines is 3. The molecule has 2 unspecified atom stereocenters. The van der Waals surface area contributed by atoms with Crippen LogP contribution in [-0.2, 0) is 0 Å². The Morgan fingerprint density at radius 1 is 1.11 bits per heavy atom. The van der Waals surface area contributed by atoms with Crippen LogP contribution in [0.15, 0.2) is 48.8 Å². The van der Waals surface area contributed by atoms with Gasteiger partial charge in [0.25, 0.3) is 0 Å². The molecular formula is C26H26FN7O. The summed E-state index contributed by atoms with van der Waals surface area (Å²) in [7, 11) is 0. The summed E-state index contributed by atoms with van der Waals surface area (Å²) in [4.78, 5) is 13.7. The summed E-state index contributed by atoms with van der Waals surface area (Å²) in [5, 5.41) is 16.9. The number of halogens is 1. The topological polar surface area (TPSA) is 102 Å². The quantitative estimate of drug-likeness (QED) is 0.376. The van der Waals surface area contributed by atoms with Crippen molar-refractivity contribution < 1.29 is 9.13 Å². The fourth-order valence-electron chi connectivity index (χ4n) is 4.54. The first-order valence-electron chi connectivity index (χ1n) is 11.5. The molecule has 2 aromatic heterocycles. The number of aromatic amines is 1. The number of H-pyrrole nitrogens is 1. The molecule has 178 valence electrons. The van der Waals surface area contributed by atoms with E-state index in [0.717, 1.165) is 30.2 Å². The fraction of sp³-hybridized carbons (Fsp3) is 0.269. The predicted molar refractivity (Wildman–Crippen MR) is 134 cm³/mol. The molecule has 8 nitrogen and oxygen atoms in total. The van der Waals surface area contributed by atoms with E-state index in [2.05, 4.69) is 50.4 Å². The highest BCUT2D eigenvalue weighted by atomic mass is 19.1. The highest BCUT2D eigenvalue weighted by Crippen LogP contribution is 2.33. The first kappa shape index (κ1) is 22.6. The van der Waals surface area contributed by atoms with Crippen LogP contribution in [0.3, 0.4) is 0 Å². The maximum atomic E-state index is 15.0. The van der Waals surface area contributed by atoms with Crippen LogP contribution < -0.4 is 20.3 Å². The number of nitrogens with one attached hydrogen (secondary N) is 3. The number of piperazine rings is 1. The summed E-state index contributed by atoms with van der Waals surface area (Å²) in [6.07, 6.45) is 1.28. The normalized spacial score (nSPS) is 17.9. The molecule has 0 aliphatic carbocycles. The number of nitriles is 1. The second-order valence-corrected chi connectivity index (χ2v) is 8.95. The standard InChI is InChI=1S/C26H26FN7O/c1-15-10-20-22(32-15)8-9-23(24(20)27)35-26-21(11-28)25(29-14-30-26)33-18-4-6-19(7-5-18)34-12-16(2)31-17(3)13-34/h4-10,14,16-17,31-32H,12-13H2,1-3H3,(H,29,30,33). The molecule has 9 heteroatoms. The van der Waals surface area contributed by atoms with Gasteiger partial charge in [-0.05, 0) is 63.2 Å². The molecule has 3 N–H and O–H groups in total. The highest BCUT2D eigenvalue weighted by molar-refractivity contribution is 5.83. The summed E-state index contributed by atoms with van der Waals surface area (Å²) in [6.45, 7) is 8.09. The maximum Gasteiger partial charge on any atom is 0.242 e. The third-order valence-electron chi connectivity index (χ3n) is 6.02. The van der Waals surface area contributed by atoms with E-state index >= 15 is 0 Å². The van der Waals surface area contributed by atoms with Gasteiger partial charge in [0.2, 0.25) is 5.88 Å². The molecule has 0 radical (unpaired) electrons. The van der Waals surface area contributed by atoms with E-state index in [1.54, 1.807) is 12.1 Å². The molecule has 4 aromatic rings. The number of fused-ring (bicyclic) bond motifs is 1. The van der Waals surface area contributed by atoms with Gasteiger partial charge in [0.1, 0.15) is 12.4 Å². The first-order chi connectivity index (χ1) is 16.9. The van der Waals surface area contributed by atoms with Gasteiger partial charge in [-0.3, -0.25) is 0 Å². The number of nitrogens with zero attached hydrogens (tertiary/aromatic N) is 4. The first-order valence-corrected chi connectivity index (χ1v) is 11.5. The van der Waals surface area contributed by atoms with Crippen LogP contribution in [-0.4, -0.2) is 40.1 Å². The lowest BCUT2D eigenvalue weighted by molar-refractivity contribution is 0.407. The molecule has 1 aliphatic rings. The molecule has 2 aromatic carbocycles. The van der Waals surface area contributed by atoms with Gasteiger partial charge in [-0.2, -0.15) is 5.26 Å². The summed E-state index contributed by atoms with van der Waals surface area (Å²) < 4.78 is 20.7. The molecular weight excluding hydrogens is 445 g/mol. The zero-order chi connectivity index (χ0) is 24.5. The van der Waals surface area contributed by atoms with Crippen LogP contribution in [0.1, 0.15) is 25.1 Å². The monoisotopic (exact) mass is 471 g/mol. The number of hydrogen-bond donors (Lipinski definition) is 3. The number of ether oxygens (including phenoxy) is 1. The SMILES string of the molecule is Cc1cc2c(F)c(Oc3ncnc(Nc4ccc(N5CC(C)NC(C)C5)cc4)c3C#N)ccc2[nH]1. The van der Waals surface area contributed by atoms with Gasteiger partial charge in [0.15, 0.2) is 22.9 Å². The minimum Gasteiger partial charge on any atom is -0.434 e. The smallest absolute Gasteiger partial charge is 0.242 e. The Hall–Kier alpha value is -4.16. The summed E-state index contributed by atoms with van der Waals surface area (Å²) in [6, 6.07) is 15.8. The van der Waals surface area contributed by atoms with Crippen LogP contribution >= 0.6 is 0 Å². The van der Waals surface area contributed by atoms with Gasteiger partial charge < -0.3 is 25.3 Å². The van der Waals surface area contributed by atoms with Gasteiger partial charge in [0, 0.05) is 53.1 Å². The Bertz CT molecular complexity index is 1400. The minimum absolute atomic E-state index is 0.0125. The van der Waals surface area contributed by atoms with E-state index in [-0.39, 0.29) is 23.0 Å². The van der Waals surface area contributed by atoms with Crippen LogP contribution in [0.2, 0.25) is 0 Å². The molecule has 0 amide bonds. The van der Waals surface area contributed by atoms with Crippen LogP contribution in [0.5, 0.6) is 11.6 Å². The molecule has 0 saturated carbocycles. The molecule has 1 aliphatic heterocycles. The van der Waals surface area contributed by atoms with Gasteiger partial charge in [-0.1, -0.05) is 0 Å². The van der Waals surface area contributed by atoms with Crippen molar-refractivity contribution in [3.05, 3.63) is 65.9 Å². The zero-order valence-corrected chi connectivity index (χ0v) is 19.8. The Morgan fingerprint density at radius 3 is 2.57 bits per heavy atom. The summed E-state index contributed by atoms with van der Waals surface area (Å²) in [5.41, 5.74) is 3.50. The molecule has 0 spiro atoms. The van der Waals surface area contributed by atoms with Crippen molar-refractivity contribution in [3.63, 3.8) is 0 Å².